The molecule has 0 aromatic heterocycles. The number of hydrogen-bond acceptors (Lipinski definition) is 2. The van der Waals surface area contributed by atoms with Crippen molar-refractivity contribution in [3.8, 4) is 0 Å². The van der Waals surface area contributed by atoms with Crippen molar-refractivity contribution in [3.05, 3.63) is 35.4 Å². The van der Waals surface area contributed by atoms with Crippen LogP contribution in [0.15, 0.2) is 24.3 Å². The third kappa shape index (κ3) is 5.80. The van der Waals surface area contributed by atoms with E-state index in [1.807, 2.05) is 0 Å². The largest absolute Gasteiger partial charge is 0.314 e. The highest BCUT2D eigenvalue weighted by atomic mass is 15.1. The lowest BCUT2D eigenvalue weighted by molar-refractivity contribution is 0.188. The van der Waals surface area contributed by atoms with Crippen LogP contribution in [0.5, 0.6) is 0 Å². The van der Waals surface area contributed by atoms with Gasteiger partial charge < -0.3 is 5.32 Å². The lowest BCUT2D eigenvalue weighted by Crippen LogP contribution is -2.34. The summed E-state index contributed by atoms with van der Waals surface area (Å²) in [5.41, 5.74) is 3.02. The fourth-order valence-corrected chi connectivity index (χ4v) is 2.80. The minimum Gasteiger partial charge on any atom is -0.314 e. The van der Waals surface area contributed by atoms with Crippen LogP contribution in [0.25, 0.3) is 0 Å². The van der Waals surface area contributed by atoms with Crippen molar-refractivity contribution in [2.24, 2.45) is 5.92 Å². The first-order chi connectivity index (χ1) is 10.1. The normalized spacial score (nSPS) is 15.4. The van der Waals surface area contributed by atoms with Crippen LogP contribution in [-0.2, 0) is 13.0 Å². The van der Waals surface area contributed by atoms with E-state index in [9.17, 15) is 0 Å². The molecule has 1 aromatic carbocycles. The maximum atomic E-state index is 3.63. The average Bonchev–Trinajstić information content (AvgIpc) is 3.23. The van der Waals surface area contributed by atoms with Gasteiger partial charge in [-0.15, -0.1) is 0 Å². The lowest BCUT2D eigenvalue weighted by Gasteiger charge is -2.29. The molecule has 0 spiro atoms. The maximum absolute atomic E-state index is 3.63. The molecule has 1 aromatic rings. The molecule has 1 saturated carbocycles. The fraction of sp³-hybridized carbons (Fsp3) is 0.684. The molecule has 2 heteroatoms. The molecule has 0 atom stereocenters. The number of nitrogens with one attached hydrogen (secondary N) is 1. The predicted molar refractivity (Wildman–Crippen MR) is 91.6 cm³/mol. The third-order valence-corrected chi connectivity index (χ3v) is 4.23. The molecule has 1 N–H and O–H groups in total. The van der Waals surface area contributed by atoms with Crippen LogP contribution >= 0.6 is 0 Å². The summed E-state index contributed by atoms with van der Waals surface area (Å²) in [4.78, 5) is 2.60. The van der Waals surface area contributed by atoms with Gasteiger partial charge in [0.1, 0.15) is 0 Å². The molecule has 1 aliphatic rings. The van der Waals surface area contributed by atoms with Crippen LogP contribution in [0.3, 0.4) is 0 Å². The predicted octanol–water partition coefficient (Wildman–Crippen LogP) is 3.85. The molecule has 21 heavy (non-hydrogen) atoms. The Balaban J connectivity index is 1.95. The minimum absolute atomic E-state index is 0.602. The summed E-state index contributed by atoms with van der Waals surface area (Å²) in [6, 6.07) is 10.4. The van der Waals surface area contributed by atoms with E-state index in [4.69, 9.17) is 0 Å². The highest BCUT2D eigenvalue weighted by molar-refractivity contribution is 5.27. The summed E-state index contributed by atoms with van der Waals surface area (Å²) in [7, 11) is 0. The van der Waals surface area contributed by atoms with Crippen LogP contribution in [0.2, 0.25) is 0 Å². The zero-order chi connectivity index (χ0) is 15.2. The van der Waals surface area contributed by atoms with Gasteiger partial charge in [-0.25, -0.2) is 0 Å². The first-order valence-electron chi connectivity index (χ1n) is 8.60. The fourth-order valence-electron chi connectivity index (χ4n) is 2.80. The van der Waals surface area contributed by atoms with Crippen LogP contribution in [0, 0.1) is 5.92 Å². The van der Waals surface area contributed by atoms with Gasteiger partial charge in [0.25, 0.3) is 0 Å². The van der Waals surface area contributed by atoms with Gasteiger partial charge in [0.05, 0.1) is 0 Å². The summed E-state index contributed by atoms with van der Waals surface area (Å²) in [6.45, 7) is 12.6. The number of benzene rings is 1. The Morgan fingerprint density at radius 1 is 1.10 bits per heavy atom. The van der Waals surface area contributed by atoms with Gasteiger partial charge in [-0.3, -0.25) is 4.90 Å². The first-order valence-corrected chi connectivity index (χ1v) is 8.60. The van der Waals surface area contributed by atoms with Crippen LogP contribution in [0.4, 0.5) is 0 Å². The highest BCUT2D eigenvalue weighted by Gasteiger charge is 2.20. The van der Waals surface area contributed by atoms with E-state index < -0.39 is 0 Å². The maximum Gasteiger partial charge on any atom is 0.0239 e. The highest BCUT2D eigenvalue weighted by Crippen LogP contribution is 2.19. The van der Waals surface area contributed by atoms with E-state index >= 15 is 0 Å². The zero-order valence-corrected chi connectivity index (χ0v) is 14.2. The molecule has 2 rings (SSSR count). The van der Waals surface area contributed by atoms with Crippen LogP contribution < -0.4 is 5.32 Å². The molecule has 2 nitrogen and oxygen atoms in total. The number of nitrogens with zero attached hydrogens (tertiary/aromatic N) is 1. The molecule has 0 aliphatic heterocycles. The van der Waals surface area contributed by atoms with Crippen LogP contribution in [-0.4, -0.2) is 30.1 Å². The second kappa shape index (κ2) is 7.95. The van der Waals surface area contributed by atoms with Crippen molar-refractivity contribution in [2.45, 2.75) is 65.6 Å². The van der Waals surface area contributed by atoms with Gasteiger partial charge in [-0.2, -0.15) is 0 Å². The molecule has 1 fully saturated rings. The van der Waals surface area contributed by atoms with Gasteiger partial charge in [-0.05, 0) is 56.7 Å². The van der Waals surface area contributed by atoms with E-state index in [-0.39, 0.29) is 0 Å². The lowest BCUT2D eigenvalue weighted by atomic mass is 10.0. The molecule has 0 bridgehead atoms. The van der Waals surface area contributed by atoms with Crippen LogP contribution in [0.1, 0.15) is 51.7 Å². The van der Waals surface area contributed by atoms with E-state index in [1.165, 1.54) is 30.5 Å². The number of hydrogen-bond donors (Lipinski definition) is 1. The summed E-state index contributed by atoms with van der Waals surface area (Å²) in [5, 5.41) is 3.63. The van der Waals surface area contributed by atoms with E-state index in [1.54, 1.807) is 0 Å². The van der Waals surface area contributed by atoms with Gasteiger partial charge in [-0.1, -0.05) is 38.1 Å². The van der Waals surface area contributed by atoms with Crippen molar-refractivity contribution in [3.63, 3.8) is 0 Å². The summed E-state index contributed by atoms with van der Waals surface area (Å²) >= 11 is 0. The van der Waals surface area contributed by atoms with E-state index in [0.29, 0.717) is 6.04 Å². The van der Waals surface area contributed by atoms with E-state index in [0.717, 1.165) is 31.5 Å². The topological polar surface area (TPSA) is 15.3 Å². The first kappa shape index (κ1) is 16.5. The van der Waals surface area contributed by atoms with Gasteiger partial charge in [0, 0.05) is 25.2 Å². The Morgan fingerprint density at radius 2 is 1.76 bits per heavy atom. The molecular weight excluding hydrogens is 256 g/mol. The Hall–Kier alpha value is -0.860. The van der Waals surface area contributed by atoms with Gasteiger partial charge >= 0.3 is 0 Å². The molecule has 0 radical (unpaired) electrons. The molecule has 118 valence electrons. The standard InChI is InChI=1S/C19H32N2/c1-15(2)13-21(16(3)4)14-18-8-6-5-7-17(18)11-12-20-19-9-10-19/h5-8,15-16,19-20H,9-14H2,1-4H3. The molecular formula is C19H32N2. The third-order valence-electron chi connectivity index (χ3n) is 4.23. The molecule has 0 heterocycles. The van der Waals surface area contributed by atoms with Crippen molar-refractivity contribution in [2.75, 3.05) is 13.1 Å². The molecule has 0 amide bonds. The van der Waals surface area contributed by atoms with Crippen molar-refractivity contribution in [1.29, 1.82) is 0 Å². The molecule has 1 aliphatic carbocycles. The van der Waals surface area contributed by atoms with Gasteiger partial charge in [0.15, 0.2) is 0 Å². The second-order valence-corrected chi connectivity index (χ2v) is 7.16. The Kier molecular flexibility index (Phi) is 6.25. The second-order valence-electron chi connectivity index (χ2n) is 7.16. The Labute approximate surface area is 130 Å². The smallest absolute Gasteiger partial charge is 0.0239 e. The monoisotopic (exact) mass is 288 g/mol. The van der Waals surface area contributed by atoms with Crippen molar-refractivity contribution >= 4 is 0 Å². The average molecular weight is 288 g/mol. The summed E-state index contributed by atoms with van der Waals surface area (Å²) in [5.74, 6) is 0.719. The SMILES string of the molecule is CC(C)CN(Cc1ccccc1CCNC1CC1)C(C)C. The quantitative estimate of drug-likeness (QED) is 0.742. The molecule has 0 unspecified atom stereocenters. The van der Waals surface area contributed by atoms with Gasteiger partial charge in [0.2, 0.25) is 0 Å². The molecule has 0 saturated heterocycles. The Morgan fingerprint density at radius 3 is 2.33 bits per heavy atom. The number of rotatable bonds is 9. The summed E-state index contributed by atoms with van der Waals surface area (Å²) < 4.78 is 0. The minimum atomic E-state index is 0.602. The van der Waals surface area contributed by atoms with Crippen molar-refractivity contribution in [1.82, 2.24) is 10.2 Å². The zero-order valence-electron chi connectivity index (χ0n) is 14.2. The van der Waals surface area contributed by atoms with E-state index in [2.05, 4.69) is 62.2 Å². The summed E-state index contributed by atoms with van der Waals surface area (Å²) in [6.07, 6.45) is 3.90. The Bertz CT molecular complexity index is 421. The van der Waals surface area contributed by atoms with Crippen molar-refractivity contribution < 1.29 is 0 Å².